The number of aromatic nitrogens is 2. The van der Waals surface area contributed by atoms with Crippen LogP contribution >= 0.6 is 0 Å². The van der Waals surface area contributed by atoms with Crippen LogP contribution in [0.3, 0.4) is 0 Å². The molecule has 3 amide bonds. The zero-order chi connectivity index (χ0) is 28.0. The average molecular weight is 528 g/mol. The average Bonchev–Trinajstić information content (AvgIpc) is 3.35. The van der Waals surface area contributed by atoms with Gasteiger partial charge >= 0.3 is 11.9 Å². The van der Waals surface area contributed by atoms with Crippen LogP contribution in [0.15, 0.2) is 36.8 Å². The van der Waals surface area contributed by atoms with Crippen molar-refractivity contribution >= 4 is 29.7 Å². The summed E-state index contributed by atoms with van der Waals surface area (Å²) in [6.45, 7) is 5.48. The largest absolute Gasteiger partial charge is 0.481 e. The van der Waals surface area contributed by atoms with E-state index < -0.39 is 59.6 Å². The molecule has 0 aliphatic carbocycles. The number of nitrogens with zero attached hydrogens (tertiary/aromatic N) is 2. The van der Waals surface area contributed by atoms with Crippen molar-refractivity contribution in [1.29, 1.82) is 0 Å². The normalized spacial score (nSPS) is 16.6. The van der Waals surface area contributed by atoms with Gasteiger partial charge in [0.2, 0.25) is 17.7 Å². The lowest BCUT2D eigenvalue weighted by Gasteiger charge is -2.41. The number of rotatable bonds is 10. The Kier molecular flexibility index (Phi) is 8.87. The number of H-pyrrole nitrogens is 1. The summed E-state index contributed by atoms with van der Waals surface area (Å²) >= 11 is 0. The highest BCUT2D eigenvalue weighted by atomic mass is 16.4. The van der Waals surface area contributed by atoms with Crippen LogP contribution in [0.2, 0.25) is 0 Å². The molecule has 0 saturated carbocycles. The fraction of sp³-hybridized carbons (Fsp3) is 0.462. The molecule has 38 heavy (non-hydrogen) atoms. The molecule has 0 fully saturated rings. The van der Waals surface area contributed by atoms with E-state index in [2.05, 4.69) is 20.6 Å². The van der Waals surface area contributed by atoms with Gasteiger partial charge in [-0.3, -0.25) is 19.2 Å². The lowest BCUT2D eigenvalue weighted by atomic mass is 9.84. The molecule has 1 aliphatic heterocycles. The van der Waals surface area contributed by atoms with E-state index in [9.17, 15) is 29.1 Å². The molecule has 12 heteroatoms. The monoisotopic (exact) mass is 527 g/mol. The molecular weight excluding hydrogens is 494 g/mol. The first-order valence-corrected chi connectivity index (χ1v) is 12.3. The maximum Gasteiger partial charge on any atom is 0.326 e. The van der Waals surface area contributed by atoms with Crippen LogP contribution in [0, 0.1) is 5.41 Å². The third kappa shape index (κ3) is 7.17. The van der Waals surface area contributed by atoms with Gasteiger partial charge in [0.1, 0.15) is 18.1 Å². The SMILES string of the molecule is CC(C)(C)[C@H](NC(=O)Cc1cnc[nH]1)C(=O)N1Cc2ccccc2CC1C(=O)N[C@@H](CCC(=O)O)C(=O)O. The predicted molar refractivity (Wildman–Crippen MR) is 135 cm³/mol. The number of hydrogen-bond acceptors (Lipinski definition) is 6. The van der Waals surface area contributed by atoms with E-state index in [-0.39, 0.29) is 25.8 Å². The van der Waals surface area contributed by atoms with E-state index >= 15 is 0 Å². The van der Waals surface area contributed by atoms with Crippen molar-refractivity contribution < 1.29 is 34.2 Å². The molecule has 0 saturated heterocycles. The van der Waals surface area contributed by atoms with E-state index in [0.717, 1.165) is 11.1 Å². The summed E-state index contributed by atoms with van der Waals surface area (Å²) in [5, 5.41) is 23.7. The van der Waals surface area contributed by atoms with Gasteiger partial charge in [-0.05, 0) is 23.0 Å². The van der Waals surface area contributed by atoms with Crippen molar-refractivity contribution in [1.82, 2.24) is 25.5 Å². The van der Waals surface area contributed by atoms with Crippen molar-refractivity contribution in [2.75, 3.05) is 0 Å². The van der Waals surface area contributed by atoms with Crippen LogP contribution in [0.4, 0.5) is 0 Å². The number of nitrogens with one attached hydrogen (secondary N) is 3. The van der Waals surface area contributed by atoms with Gasteiger partial charge in [0.05, 0.1) is 12.7 Å². The Balaban J connectivity index is 1.88. The molecule has 0 spiro atoms. The minimum absolute atomic E-state index is 0.0174. The molecule has 1 aliphatic rings. The number of carbonyl (C=O) groups excluding carboxylic acids is 3. The molecule has 2 aromatic rings. The summed E-state index contributed by atoms with van der Waals surface area (Å²) < 4.78 is 0. The molecule has 1 aromatic carbocycles. The summed E-state index contributed by atoms with van der Waals surface area (Å²) in [7, 11) is 0. The molecule has 2 heterocycles. The number of aromatic amines is 1. The molecule has 0 radical (unpaired) electrons. The minimum Gasteiger partial charge on any atom is -0.481 e. The first kappa shape index (κ1) is 28.4. The lowest BCUT2D eigenvalue weighted by molar-refractivity contribution is -0.149. The summed E-state index contributed by atoms with van der Waals surface area (Å²) in [4.78, 5) is 70.9. The number of benzene rings is 1. The number of imidazole rings is 1. The molecule has 204 valence electrons. The fourth-order valence-electron chi connectivity index (χ4n) is 4.36. The summed E-state index contributed by atoms with van der Waals surface area (Å²) in [5.74, 6) is -4.15. The van der Waals surface area contributed by atoms with Crippen LogP contribution in [0.5, 0.6) is 0 Å². The smallest absolute Gasteiger partial charge is 0.326 e. The Morgan fingerprint density at radius 2 is 1.79 bits per heavy atom. The van der Waals surface area contributed by atoms with Gasteiger partial charge in [-0.25, -0.2) is 9.78 Å². The van der Waals surface area contributed by atoms with Gasteiger partial charge in [0, 0.05) is 31.3 Å². The second-order valence-electron chi connectivity index (χ2n) is 10.4. The molecule has 12 nitrogen and oxygen atoms in total. The highest BCUT2D eigenvalue weighted by Crippen LogP contribution is 2.28. The molecule has 5 N–H and O–H groups in total. The summed E-state index contributed by atoms with van der Waals surface area (Å²) in [6.07, 6.45) is 2.33. The van der Waals surface area contributed by atoms with E-state index in [1.807, 2.05) is 24.3 Å². The lowest BCUT2D eigenvalue weighted by Crippen LogP contribution is -2.61. The Bertz CT molecular complexity index is 1190. The van der Waals surface area contributed by atoms with Crippen molar-refractivity contribution in [3.63, 3.8) is 0 Å². The van der Waals surface area contributed by atoms with Crippen molar-refractivity contribution in [2.45, 2.75) is 71.1 Å². The van der Waals surface area contributed by atoms with Crippen LogP contribution in [-0.4, -0.2) is 72.9 Å². The van der Waals surface area contributed by atoms with Crippen LogP contribution in [0.25, 0.3) is 0 Å². The van der Waals surface area contributed by atoms with Gasteiger partial charge in [-0.2, -0.15) is 0 Å². The Morgan fingerprint density at radius 3 is 2.37 bits per heavy atom. The summed E-state index contributed by atoms with van der Waals surface area (Å²) in [5.41, 5.74) is 1.53. The molecular formula is C26H33N5O7. The van der Waals surface area contributed by atoms with E-state index in [1.54, 1.807) is 20.8 Å². The van der Waals surface area contributed by atoms with Crippen molar-refractivity contribution in [3.05, 3.63) is 53.6 Å². The molecule has 1 aromatic heterocycles. The second kappa shape index (κ2) is 11.9. The van der Waals surface area contributed by atoms with Crippen LogP contribution in [0.1, 0.15) is 50.4 Å². The van der Waals surface area contributed by atoms with Crippen LogP contribution in [-0.2, 0) is 43.4 Å². The Labute approximate surface area is 219 Å². The Morgan fingerprint density at radius 1 is 1.11 bits per heavy atom. The quantitative estimate of drug-likeness (QED) is 0.302. The van der Waals surface area contributed by atoms with Gasteiger partial charge in [-0.1, -0.05) is 45.0 Å². The molecule has 3 rings (SSSR count). The third-order valence-electron chi connectivity index (χ3n) is 6.42. The zero-order valence-electron chi connectivity index (χ0n) is 21.6. The highest BCUT2D eigenvalue weighted by molar-refractivity contribution is 5.94. The number of carbonyl (C=O) groups is 5. The summed E-state index contributed by atoms with van der Waals surface area (Å²) in [6, 6.07) is 3.84. The molecule has 0 bridgehead atoms. The standard InChI is InChI=1S/C26H33N5O7/c1-26(2,3)22(30-20(32)11-17-12-27-14-28-17)24(36)31-13-16-7-5-4-6-15(16)10-19(31)23(35)29-18(25(37)38)8-9-21(33)34/h4-7,12,14,18-19,22H,8-11,13H2,1-3H3,(H,27,28)(H,29,35)(H,30,32)(H,33,34)(H,37,38)/t18-,19?,22+/m0/s1. The van der Waals surface area contributed by atoms with E-state index in [0.29, 0.717) is 5.69 Å². The first-order valence-electron chi connectivity index (χ1n) is 12.3. The minimum atomic E-state index is -1.43. The Hall–Kier alpha value is -4.22. The number of fused-ring (bicyclic) bond motifs is 1. The number of amides is 3. The third-order valence-corrected chi connectivity index (χ3v) is 6.42. The van der Waals surface area contributed by atoms with Crippen molar-refractivity contribution in [3.8, 4) is 0 Å². The first-order chi connectivity index (χ1) is 17.9. The maximum absolute atomic E-state index is 14.0. The number of carboxylic acid groups (broad SMARTS) is 2. The van der Waals surface area contributed by atoms with E-state index in [4.69, 9.17) is 5.11 Å². The molecule has 3 atom stereocenters. The topological polar surface area (TPSA) is 182 Å². The fourth-order valence-corrected chi connectivity index (χ4v) is 4.36. The molecule has 1 unspecified atom stereocenters. The number of carboxylic acids is 2. The number of hydrogen-bond donors (Lipinski definition) is 5. The highest BCUT2D eigenvalue weighted by Gasteiger charge is 2.42. The maximum atomic E-state index is 14.0. The predicted octanol–water partition coefficient (Wildman–Crippen LogP) is 0.871. The van der Waals surface area contributed by atoms with Gasteiger partial charge < -0.3 is 30.7 Å². The second-order valence-corrected chi connectivity index (χ2v) is 10.4. The van der Waals surface area contributed by atoms with Crippen molar-refractivity contribution in [2.24, 2.45) is 5.41 Å². The van der Waals surface area contributed by atoms with Crippen LogP contribution < -0.4 is 10.6 Å². The van der Waals surface area contributed by atoms with Gasteiger partial charge in [0.25, 0.3) is 0 Å². The number of aliphatic carboxylic acids is 2. The zero-order valence-corrected chi connectivity index (χ0v) is 21.6. The van der Waals surface area contributed by atoms with Gasteiger partial charge in [-0.15, -0.1) is 0 Å². The van der Waals surface area contributed by atoms with E-state index in [1.165, 1.54) is 17.4 Å². The van der Waals surface area contributed by atoms with Gasteiger partial charge in [0.15, 0.2) is 0 Å².